The van der Waals surface area contributed by atoms with Crippen LogP contribution in [0.1, 0.15) is 26.5 Å². The van der Waals surface area contributed by atoms with Gasteiger partial charge in [0, 0.05) is 20.7 Å². The van der Waals surface area contributed by atoms with Gasteiger partial charge in [0.2, 0.25) is 5.91 Å². The quantitative estimate of drug-likeness (QED) is 0.517. The zero-order valence-electron chi connectivity index (χ0n) is 14.6. The predicted molar refractivity (Wildman–Crippen MR) is 90.2 cm³/mol. The summed E-state index contributed by atoms with van der Waals surface area (Å²) in [4.78, 5) is 15.9. The molecule has 23 heavy (non-hydrogen) atoms. The van der Waals surface area contributed by atoms with Crippen LogP contribution >= 0.6 is 0 Å². The highest BCUT2D eigenvalue weighted by Gasteiger charge is 2.24. The summed E-state index contributed by atoms with van der Waals surface area (Å²) >= 11 is 0. The number of amides is 1. The van der Waals surface area contributed by atoms with Crippen molar-refractivity contribution in [3.63, 3.8) is 0 Å². The Balaban J connectivity index is 2.31. The molecule has 0 fully saturated rings. The third-order valence-electron chi connectivity index (χ3n) is 3.39. The summed E-state index contributed by atoms with van der Waals surface area (Å²) < 4.78 is 10.6. The van der Waals surface area contributed by atoms with E-state index in [1.165, 1.54) is 0 Å². The van der Waals surface area contributed by atoms with Gasteiger partial charge in [0.05, 0.1) is 25.5 Å². The second-order valence-electron chi connectivity index (χ2n) is 6.25. The Hall–Kier alpha value is -2.02. The molecule has 0 aliphatic heterocycles. The number of hydrogen-bond acceptors (Lipinski definition) is 4. The van der Waals surface area contributed by atoms with Gasteiger partial charge < -0.3 is 25.1 Å². The summed E-state index contributed by atoms with van der Waals surface area (Å²) in [6.07, 6.45) is 1.61. The molecular weight excluding hydrogens is 296 g/mol. The molecule has 0 radical (unpaired) electrons. The van der Waals surface area contributed by atoms with Gasteiger partial charge in [-0.05, 0) is 17.5 Å². The van der Waals surface area contributed by atoms with Crippen molar-refractivity contribution in [1.29, 1.82) is 0 Å². The average molecular weight is 324 g/mol. The molecule has 1 atom stereocenters. The summed E-state index contributed by atoms with van der Waals surface area (Å²) in [6, 6.07) is 3.60. The summed E-state index contributed by atoms with van der Waals surface area (Å²) in [5, 5.41) is 8.90. The Morgan fingerprint density at radius 3 is 2.61 bits per heavy atom. The Bertz CT molecular complexity index is 492. The fraction of sp³-hybridized carbons (Fsp3) is 0.625. The van der Waals surface area contributed by atoms with Gasteiger partial charge in [-0.3, -0.25) is 9.79 Å². The molecule has 1 aromatic rings. The Labute approximate surface area is 137 Å². The molecule has 0 saturated carbocycles. The van der Waals surface area contributed by atoms with Crippen LogP contribution in [0.5, 0.6) is 0 Å². The van der Waals surface area contributed by atoms with E-state index in [1.54, 1.807) is 26.5 Å². The van der Waals surface area contributed by atoms with Crippen LogP contribution in [0.15, 0.2) is 27.8 Å². The molecule has 1 rings (SSSR count). The van der Waals surface area contributed by atoms with Crippen LogP contribution in [0.4, 0.5) is 0 Å². The van der Waals surface area contributed by atoms with Crippen LogP contribution in [0.3, 0.4) is 0 Å². The topological polar surface area (TPSA) is 87.9 Å². The summed E-state index contributed by atoms with van der Waals surface area (Å²) in [7, 11) is 3.35. The minimum atomic E-state index is -0.136. The molecule has 1 amide bonds. The maximum Gasteiger partial charge on any atom is 0.239 e. The van der Waals surface area contributed by atoms with Crippen LogP contribution in [-0.4, -0.2) is 45.2 Å². The Kier molecular flexibility index (Phi) is 7.61. The highest BCUT2D eigenvalue weighted by Crippen LogP contribution is 2.20. The van der Waals surface area contributed by atoms with Crippen LogP contribution in [0, 0.1) is 5.41 Å². The van der Waals surface area contributed by atoms with Gasteiger partial charge in [0.1, 0.15) is 5.76 Å². The van der Waals surface area contributed by atoms with Crippen molar-refractivity contribution in [3.05, 3.63) is 24.2 Å². The van der Waals surface area contributed by atoms with E-state index < -0.39 is 0 Å². The zero-order chi connectivity index (χ0) is 17.3. The second kappa shape index (κ2) is 9.19. The number of rotatable bonds is 7. The molecule has 0 aliphatic rings. The van der Waals surface area contributed by atoms with Crippen molar-refractivity contribution in [2.24, 2.45) is 10.4 Å². The van der Waals surface area contributed by atoms with Crippen LogP contribution in [0.25, 0.3) is 0 Å². The molecule has 1 unspecified atom stereocenters. The standard InChI is InChI=1S/C16H28N4O3/c1-16(2,3)13(22-5)10-19-15(17-4)20-11-14(21)18-9-12-7-6-8-23-12/h6-8,13H,9-11H2,1-5H3,(H,18,21)(H2,17,19,20). The van der Waals surface area contributed by atoms with Gasteiger partial charge in [-0.25, -0.2) is 0 Å². The summed E-state index contributed by atoms with van der Waals surface area (Å²) in [5.74, 6) is 1.14. The number of carbonyl (C=O) groups excluding carboxylic acids is 1. The van der Waals surface area contributed by atoms with Crippen molar-refractivity contribution >= 4 is 11.9 Å². The summed E-state index contributed by atoms with van der Waals surface area (Å²) in [5.41, 5.74) is 0.0149. The number of furan rings is 1. The van der Waals surface area contributed by atoms with Gasteiger partial charge in [0.25, 0.3) is 0 Å². The lowest BCUT2D eigenvalue weighted by Crippen LogP contribution is -2.47. The minimum Gasteiger partial charge on any atom is -0.467 e. The van der Waals surface area contributed by atoms with Crippen molar-refractivity contribution in [2.75, 3.05) is 27.2 Å². The lowest BCUT2D eigenvalue weighted by molar-refractivity contribution is -0.120. The third kappa shape index (κ3) is 7.19. The molecular formula is C16H28N4O3. The first-order chi connectivity index (χ1) is 10.9. The molecule has 7 heteroatoms. The van der Waals surface area contributed by atoms with Crippen molar-refractivity contribution < 1.29 is 13.9 Å². The van der Waals surface area contributed by atoms with E-state index in [-0.39, 0.29) is 24.0 Å². The first kappa shape index (κ1) is 19.0. The molecule has 130 valence electrons. The van der Waals surface area contributed by atoms with Crippen LogP contribution < -0.4 is 16.0 Å². The second-order valence-corrected chi connectivity index (χ2v) is 6.25. The normalized spacial score (nSPS) is 13.5. The monoisotopic (exact) mass is 324 g/mol. The van der Waals surface area contributed by atoms with Gasteiger partial charge in [-0.2, -0.15) is 0 Å². The number of aliphatic imine (C=N–C) groups is 1. The number of nitrogens with one attached hydrogen (secondary N) is 3. The molecule has 0 saturated heterocycles. The third-order valence-corrected chi connectivity index (χ3v) is 3.39. The van der Waals surface area contributed by atoms with Crippen molar-refractivity contribution in [2.45, 2.75) is 33.4 Å². The van der Waals surface area contributed by atoms with E-state index in [0.717, 1.165) is 0 Å². The van der Waals surface area contributed by atoms with Gasteiger partial charge in [-0.1, -0.05) is 20.8 Å². The highest BCUT2D eigenvalue weighted by molar-refractivity contribution is 5.86. The van der Waals surface area contributed by atoms with Crippen molar-refractivity contribution in [1.82, 2.24) is 16.0 Å². The first-order valence-electron chi connectivity index (χ1n) is 7.63. The van der Waals surface area contributed by atoms with E-state index in [1.807, 2.05) is 6.07 Å². The van der Waals surface area contributed by atoms with Crippen molar-refractivity contribution in [3.8, 4) is 0 Å². The number of nitrogens with zero attached hydrogens (tertiary/aromatic N) is 1. The number of hydrogen-bond donors (Lipinski definition) is 3. The Morgan fingerprint density at radius 2 is 2.09 bits per heavy atom. The fourth-order valence-corrected chi connectivity index (χ4v) is 1.98. The minimum absolute atomic E-state index is 0.0149. The highest BCUT2D eigenvalue weighted by atomic mass is 16.5. The number of carbonyl (C=O) groups is 1. The lowest BCUT2D eigenvalue weighted by atomic mass is 9.89. The predicted octanol–water partition coefficient (Wildman–Crippen LogP) is 1.12. The molecule has 3 N–H and O–H groups in total. The van der Waals surface area contributed by atoms with E-state index in [0.29, 0.717) is 24.8 Å². The van der Waals surface area contributed by atoms with Gasteiger partial charge in [0.15, 0.2) is 5.96 Å². The molecule has 7 nitrogen and oxygen atoms in total. The maximum atomic E-state index is 11.8. The number of ether oxygens (including phenoxy) is 1. The van der Waals surface area contributed by atoms with E-state index >= 15 is 0 Å². The average Bonchev–Trinajstić information content (AvgIpc) is 3.00. The Morgan fingerprint density at radius 1 is 1.35 bits per heavy atom. The summed E-state index contributed by atoms with van der Waals surface area (Å²) in [6.45, 7) is 7.44. The van der Waals surface area contributed by atoms with Gasteiger partial charge >= 0.3 is 0 Å². The number of guanidine groups is 1. The van der Waals surface area contributed by atoms with Gasteiger partial charge in [-0.15, -0.1) is 0 Å². The smallest absolute Gasteiger partial charge is 0.239 e. The maximum absolute atomic E-state index is 11.8. The zero-order valence-corrected chi connectivity index (χ0v) is 14.6. The lowest BCUT2D eigenvalue weighted by Gasteiger charge is -2.30. The molecule has 0 bridgehead atoms. The SMILES string of the molecule is CN=C(NCC(=O)NCc1ccco1)NCC(OC)C(C)(C)C. The van der Waals surface area contributed by atoms with E-state index in [9.17, 15) is 4.79 Å². The molecule has 0 aliphatic carbocycles. The first-order valence-corrected chi connectivity index (χ1v) is 7.63. The van der Waals surface area contributed by atoms with E-state index in [4.69, 9.17) is 9.15 Å². The number of methoxy groups -OCH3 is 1. The van der Waals surface area contributed by atoms with E-state index in [2.05, 4.69) is 41.7 Å². The van der Waals surface area contributed by atoms with Crippen LogP contribution in [0.2, 0.25) is 0 Å². The largest absolute Gasteiger partial charge is 0.467 e. The molecule has 0 spiro atoms. The molecule has 1 heterocycles. The van der Waals surface area contributed by atoms with Crippen LogP contribution in [-0.2, 0) is 16.1 Å². The molecule has 1 aromatic heterocycles. The fourth-order valence-electron chi connectivity index (χ4n) is 1.98. The molecule has 0 aromatic carbocycles.